The van der Waals surface area contributed by atoms with Crippen molar-refractivity contribution in [3.05, 3.63) is 88.1 Å². The van der Waals surface area contributed by atoms with Crippen LogP contribution in [0.1, 0.15) is 16.1 Å². The Bertz CT molecular complexity index is 1090. The van der Waals surface area contributed by atoms with Crippen LogP contribution in [0.4, 0.5) is 10.1 Å². The van der Waals surface area contributed by atoms with E-state index in [1.165, 1.54) is 42.0 Å². The largest absolute Gasteiger partial charge is 0.368 e. The predicted molar refractivity (Wildman–Crippen MR) is 109 cm³/mol. The third-order valence-corrected chi connectivity index (χ3v) is 5.02. The zero-order valence-electron chi connectivity index (χ0n) is 16.1. The summed E-state index contributed by atoms with van der Waals surface area (Å²) in [6.07, 6.45) is 0. The van der Waals surface area contributed by atoms with Crippen LogP contribution >= 0.6 is 0 Å². The maximum Gasteiger partial charge on any atom is 0.274 e. The molecule has 1 fully saturated rings. The number of carbonyl (C=O) groups excluding carboxylic acids is 1. The summed E-state index contributed by atoms with van der Waals surface area (Å²) in [7, 11) is 0. The summed E-state index contributed by atoms with van der Waals surface area (Å²) < 4.78 is 14.3. The van der Waals surface area contributed by atoms with Crippen molar-refractivity contribution in [1.82, 2.24) is 14.7 Å². The average molecular weight is 392 g/mol. The molecule has 0 aliphatic carbocycles. The SMILES string of the molecule is Cc1cccc(N2CCN(C(=O)c3ccc(=O)n(-c4ccc(F)cc4)n3)CC2)c1. The lowest BCUT2D eigenvalue weighted by Crippen LogP contribution is -2.49. The van der Waals surface area contributed by atoms with Crippen molar-refractivity contribution in [2.75, 3.05) is 31.1 Å². The third kappa shape index (κ3) is 4.03. The van der Waals surface area contributed by atoms with Crippen molar-refractivity contribution in [3.8, 4) is 5.69 Å². The molecule has 1 aliphatic heterocycles. The van der Waals surface area contributed by atoms with Gasteiger partial charge in [0.1, 0.15) is 11.5 Å². The Hall–Kier alpha value is -3.48. The van der Waals surface area contributed by atoms with E-state index in [4.69, 9.17) is 0 Å². The minimum Gasteiger partial charge on any atom is -0.368 e. The van der Waals surface area contributed by atoms with Gasteiger partial charge in [-0.2, -0.15) is 9.78 Å². The fourth-order valence-electron chi connectivity index (χ4n) is 3.45. The highest BCUT2D eigenvalue weighted by molar-refractivity contribution is 5.92. The third-order valence-electron chi connectivity index (χ3n) is 5.02. The first-order valence-corrected chi connectivity index (χ1v) is 9.48. The van der Waals surface area contributed by atoms with E-state index in [2.05, 4.69) is 35.1 Å². The molecule has 0 bridgehead atoms. The smallest absolute Gasteiger partial charge is 0.274 e. The molecular formula is C22H21FN4O2. The molecule has 7 heteroatoms. The molecule has 29 heavy (non-hydrogen) atoms. The van der Waals surface area contributed by atoms with Gasteiger partial charge in [-0.3, -0.25) is 9.59 Å². The summed E-state index contributed by atoms with van der Waals surface area (Å²) in [5, 5.41) is 4.21. The molecule has 3 aromatic rings. The van der Waals surface area contributed by atoms with E-state index in [0.717, 1.165) is 23.5 Å². The van der Waals surface area contributed by atoms with E-state index in [9.17, 15) is 14.0 Å². The number of carbonyl (C=O) groups is 1. The van der Waals surface area contributed by atoms with Crippen LogP contribution in [0.5, 0.6) is 0 Å². The van der Waals surface area contributed by atoms with Crippen molar-refractivity contribution < 1.29 is 9.18 Å². The number of hydrogen-bond acceptors (Lipinski definition) is 4. The molecule has 0 spiro atoms. The number of aromatic nitrogens is 2. The van der Waals surface area contributed by atoms with Gasteiger partial charge < -0.3 is 9.80 Å². The molecule has 4 rings (SSSR count). The van der Waals surface area contributed by atoms with Gasteiger partial charge in [-0.25, -0.2) is 4.39 Å². The fourth-order valence-corrected chi connectivity index (χ4v) is 3.45. The molecule has 0 unspecified atom stereocenters. The van der Waals surface area contributed by atoms with E-state index < -0.39 is 5.82 Å². The predicted octanol–water partition coefficient (Wildman–Crippen LogP) is 2.64. The van der Waals surface area contributed by atoms with Gasteiger partial charge in [0.15, 0.2) is 0 Å². The second kappa shape index (κ2) is 7.87. The first-order valence-electron chi connectivity index (χ1n) is 9.48. The lowest BCUT2D eigenvalue weighted by atomic mass is 10.2. The van der Waals surface area contributed by atoms with E-state index in [-0.39, 0.29) is 17.2 Å². The van der Waals surface area contributed by atoms with Crippen molar-refractivity contribution in [1.29, 1.82) is 0 Å². The van der Waals surface area contributed by atoms with Crippen LogP contribution in [0.3, 0.4) is 0 Å². The first-order chi connectivity index (χ1) is 14.0. The Morgan fingerprint density at radius 2 is 1.66 bits per heavy atom. The molecule has 1 aliphatic rings. The summed E-state index contributed by atoms with van der Waals surface area (Å²) in [5.41, 5.74) is 2.58. The normalized spacial score (nSPS) is 14.1. The van der Waals surface area contributed by atoms with Crippen molar-refractivity contribution >= 4 is 11.6 Å². The molecule has 2 heterocycles. The van der Waals surface area contributed by atoms with Crippen LogP contribution in [-0.4, -0.2) is 46.8 Å². The number of benzene rings is 2. The minimum atomic E-state index is -0.402. The van der Waals surface area contributed by atoms with Crippen LogP contribution in [0, 0.1) is 12.7 Å². The lowest BCUT2D eigenvalue weighted by Gasteiger charge is -2.36. The van der Waals surface area contributed by atoms with E-state index in [0.29, 0.717) is 18.8 Å². The Morgan fingerprint density at radius 3 is 2.34 bits per heavy atom. The number of aryl methyl sites for hydroxylation is 1. The molecule has 6 nitrogen and oxygen atoms in total. The second-order valence-corrected chi connectivity index (χ2v) is 7.06. The maximum atomic E-state index is 13.2. The molecule has 1 amide bonds. The summed E-state index contributed by atoms with van der Waals surface area (Å²) in [4.78, 5) is 29.1. The molecule has 1 aromatic heterocycles. The molecule has 1 saturated heterocycles. The highest BCUT2D eigenvalue weighted by atomic mass is 19.1. The number of halogens is 1. The van der Waals surface area contributed by atoms with Gasteiger partial charge in [0.2, 0.25) is 0 Å². The molecule has 0 saturated carbocycles. The van der Waals surface area contributed by atoms with Gasteiger partial charge in [0.05, 0.1) is 5.69 Å². The van der Waals surface area contributed by atoms with Gasteiger partial charge in [-0.15, -0.1) is 0 Å². The van der Waals surface area contributed by atoms with Crippen LogP contribution in [-0.2, 0) is 0 Å². The lowest BCUT2D eigenvalue weighted by molar-refractivity contribution is 0.0738. The number of anilines is 1. The Kier molecular flexibility index (Phi) is 5.12. The summed E-state index contributed by atoms with van der Waals surface area (Å²) in [5.74, 6) is -0.620. The van der Waals surface area contributed by atoms with Crippen LogP contribution in [0.15, 0.2) is 65.5 Å². The van der Waals surface area contributed by atoms with Gasteiger partial charge in [0.25, 0.3) is 11.5 Å². The zero-order valence-corrected chi connectivity index (χ0v) is 16.1. The Morgan fingerprint density at radius 1 is 0.931 bits per heavy atom. The summed E-state index contributed by atoms with van der Waals surface area (Å²) in [6.45, 7) is 4.67. The summed E-state index contributed by atoms with van der Waals surface area (Å²) >= 11 is 0. The molecule has 0 atom stereocenters. The minimum absolute atomic E-state index is 0.193. The number of rotatable bonds is 3. The maximum absolute atomic E-state index is 13.2. The number of hydrogen-bond donors (Lipinski definition) is 0. The van der Waals surface area contributed by atoms with Crippen molar-refractivity contribution in [2.24, 2.45) is 0 Å². The van der Waals surface area contributed by atoms with E-state index in [1.54, 1.807) is 4.90 Å². The zero-order chi connectivity index (χ0) is 20.4. The van der Waals surface area contributed by atoms with E-state index >= 15 is 0 Å². The number of nitrogens with zero attached hydrogens (tertiary/aromatic N) is 4. The Balaban J connectivity index is 1.50. The standard InChI is InChI=1S/C22H21FN4O2/c1-16-3-2-4-19(15-16)25-11-13-26(14-12-25)22(29)20-9-10-21(28)27(24-20)18-7-5-17(23)6-8-18/h2-10,15H,11-14H2,1H3. The van der Waals surface area contributed by atoms with Crippen molar-refractivity contribution in [2.45, 2.75) is 6.92 Å². The van der Waals surface area contributed by atoms with Crippen LogP contribution in [0.25, 0.3) is 5.69 Å². The highest BCUT2D eigenvalue weighted by Crippen LogP contribution is 2.18. The molecule has 0 radical (unpaired) electrons. The first kappa shape index (κ1) is 18.9. The second-order valence-electron chi connectivity index (χ2n) is 7.06. The molecule has 148 valence electrons. The molecule has 0 N–H and O–H groups in total. The average Bonchev–Trinajstić information content (AvgIpc) is 2.74. The molecular weight excluding hydrogens is 371 g/mol. The van der Waals surface area contributed by atoms with Crippen LogP contribution < -0.4 is 10.5 Å². The fraction of sp³-hybridized carbons (Fsp3) is 0.227. The number of amides is 1. The highest BCUT2D eigenvalue weighted by Gasteiger charge is 2.24. The van der Waals surface area contributed by atoms with Gasteiger partial charge >= 0.3 is 0 Å². The van der Waals surface area contributed by atoms with E-state index in [1.807, 2.05) is 6.07 Å². The topological polar surface area (TPSA) is 58.4 Å². The van der Waals surface area contributed by atoms with Crippen LogP contribution in [0.2, 0.25) is 0 Å². The number of piperazine rings is 1. The summed E-state index contributed by atoms with van der Waals surface area (Å²) in [6, 6.07) is 16.5. The van der Waals surface area contributed by atoms with Crippen molar-refractivity contribution in [3.63, 3.8) is 0 Å². The van der Waals surface area contributed by atoms with Gasteiger partial charge in [0, 0.05) is 37.9 Å². The van der Waals surface area contributed by atoms with Gasteiger partial charge in [-0.05, 0) is 55.0 Å². The molecule has 2 aromatic carbocycles. The quantitative estimate of drug-likeness (QED) is 0.688. The Labute approximate surface area is 167 Å². The monoisotopic (exact) mass is 392 g/mol. The van der Waals surface area contributed by atoms with Gasteiger partial charge in [-0.1, -0.05) is 12.1 Å².